The molecule has 31 heavy (non-hydrogen) atoms. The van der Waals surface area contributed by atoms with Crippen molar-refractivity contribution in [1.82, 2.24) is 24.6 Å². The summed E-state index contributed by atoms with van der Waals surface area (Å²) in [4.78, 5) is 23.4. The summed E-state index contributed by atoms with van der Waals surface area (Å²) in [6.07, 6.45) is 1.52. The van der Waals surface area contributed by atoms with Gasteiger partial charge in [0.05, 0.1) is 11.7 Å². The Hall–Kier alpha value is -2.75. The number of alkyl halides is 3. The van der Waals surface area contributed by atoms with Crippen molar-refractivity contribution < 1.29 is 18.0 Å². The molecular weight excluding hydrogens is 427 g/mol. The van der Waals surface area contributed by atoms with Crippen molar-refractivity contribution in [3.63, 3.8) is 0 Å². The second-order valence-electron chi connectivity index (χ2n) is 7.83. The third kappa shape index (κ3) is 4.34. The SMILES string of the molecule is CC(C)c1cc(C(F)(F)F)n(-c2nc(C(=O)N3CCCC[C@H]3c3cccnc3)cs2)n1. The minimum Gasteiger partial charge on any atom is -0.330 e. The first-order valence-corrected chi connectivity index (χ1v) is 11.0. The number of amides is 1. The van der Waals surface area contributed by atoms with Gasteiger partial charge in [-0.1, -0.05) is 19.9 Å². The number of pyridine rings is 1. The molecule has 1 fully saturated rings. The third-order valence-electron chi connectivity index (χ3n) is 5.34. The Bertz CT molecular complexity index is 1060. The van der Waals surface area contributed by atoms with Crippen molar-refractivity contribution in [3.05, 3.63) is 58.6 Å². The summed E-state index contributed by atoms with van der Waals surface area (Å²) in [6, 6.07) is 4.68. The monoisotopic (exact) mass is 449 g/mol. The predicted octanol–water partition coefficient (Wildman–Crippen LogP) is 5.23. The summed E-state index contributed by atoms with van der Waals surface area (Å²) < 4.78 is 41.4. The molecule has 0 radical (unpaired) electrons. The van der Waals surface area contributed by atoms with Gasteiger partial charge in [-0.2, -0.15) is 18.3 Å². The molecule has 0 aliphatic carbocycles. The minimum atomic E-state index is -4.58. The maximum atomic E-state index is 13.5. The summed E-state index contributed by atoms with van der Waals surface area (Å²) in [5.41, 5.74) is 0.503. The number of piperidine rings is 1. The molecule has 1 atom stereocenters. The van der Waals surface area contributed by atoms with E-state index in [-0.39, 0.29) is 28.7 Å². The van der Waals surface area contributed by atoms with Crippen LogP contribution in [0.5, 0.6) is 0 Å². The molecule has 0 saturated carbocycles. The molecule has 0 N–H and O–H groups in total. The molecule has 1 aliphatic rings. The average Bonchev–Trinajstić information content (AvgIpc) is 3.41. The summed E-state index contributed by atoms with van der Waals surface area (Å²) in [6.45, 7) is 4.12. The molecule has 3 aromatic heterocycles. The standard InChI is InChI=1S/C21H22F3N5OS/c1-13(2)15-10-18(21(22,23)24)29(27-15)20-26-16(12-31-20)19(30)28-9-4-3-7-17(28)14-6-5-8-25-11-14/h5-6,8,10-13,17H,3-4,7,9H2,1-2H3/t17-/m0/s1. The molecule has 1 saturated heterocycles. The summed E-state index contributed by atoms with van der Waals surface area (Å²) in [5.74, 6) is -0.460. The van der Waals surface area contributed by atoms with Crippen LogP contribution in [0.3, 0.4) is 0 Å². The first-order valence-electron chi connectivity index (χ1n) is 10.1. The van der Waals surface area contributed by atoms with Crippen LogP contribution < -0.4 is 0 Å². The molecule has 6 nitrogen and oxygen atoms in total. The van der Waals surface area contributed by atoms with Gasteiger partial charge in [-0.3, -0.25) is 9.78 Å². The van der Waals surface area contributed by atoms with Crippen molar-refractivity contribution in [3.8, 4) is 5.13 Å². The minimum absolute atomic E-state index is 0.0255. The fourth-order valence-electron chi connectivity index (χ4n) is 3.73. The molecule has 10 heteroatoms. The van der Waals surface area contributed by atoms with Crippen LogP contribution in [0, 0.1) is 0 Å². The third-order valence-corrected chi connectivity index (χ3v) is 6.15. The smallest absolute Gasteiger partial charge is 0.330 e. The molecule has 4 rings (SSSR count). The van der Waals surface area contributed by atoms with E-state index >= 15 is 0 Å². The molecule has 1 amide bonds. The number of aromatic nitrogens is 4. The van der Waals surface area contributed by atoms with Crippen molar-refractivity contribution in [2.75, 3.05) is 6.54 Å². The molecule has 164 valence electrons. The number of carbonyl (C=O) groups excluding carboxylic acids is 1. The second kappa shape index (κ2) is 8.41. The van der Waals surface area contributed by atoms with Crippen molar-refractivity contribution in [2.45, 2.75) is 51.2 Å². The average molecular weight is 450 g/mol. The van der Waals surface area contributed by atoms with Crippen LogP contribution in [0.4, 0.5) is 13.2 Å². The highest BCUT2D eigenvalue weighted by Gasteiger charge is 2.38. The van der Waals surface area contributed by atoms with Gasteiger partial charge in [-0.25, -0.2) is 9.67 Å². The van der Waals surface area contributed by atoms with Crippen molar-refractivity contribution >= 4 is 17.2 Å². The molecular formula is C21H22F3N5OS. The van der Waals surface area contributed by atoms with Crippen LogP contribution >= 0.6 is 11.3 Å². The lowest BCUT2D eigenvalue weighted by Crippen LogP contribution is -2.38. The summed E-state index contributed by atoms with van der Waals surface area (Å²) in [5, 5.41) is 5.63. The number of hydrogen-bond donors (Lipinski definition) is 0. The molecule has 3 aromatic rings. The number of thiazole rings is 1. The van der Waals surface area contributed by atoms with Gasteiger partial charge >= 0.3 is 6.18 Å². The Kier molecular flexibility index (Phi) is 5.83. The zero-order chi connectivity index (χ0) is 22.2. The number of likely N-dealkylation sites (tertiary alicyclic amines) is 1. The van der Waals surface area contributed by atoms with Crippen molar-refractivity contribution in [2.24, 2.45) is 0 Å². The summed E-state index contributed by atoms with van der Waals surface area (Å²) in [7, 11) is 0. The molecule has 4 heterocycles. The predicted molar refractivity (Wildman–Crippen MR) is 110 cm³/mol. The van der Waals surface area contributed by atoms with E-state index in [2.05, 4.69) is 15.1 Å². The summed E-state index contributed by atoms with van der Waals surface area (Å²) >= 11 is 0.977. The van der Waals surface area contributed by atoms with Crippen LogP contribution in [-0.2, 0) is 6.18 Å². The molecule has 0 aromatic carbocycles. The fourth-order valence-corrected chi connectivity index (χ4v) is 4.49. The van der Waals surface area contributed by atoms with Gasteiger partial charge in [-0.05, 0) is 42.9 Å². The van der Waals surface area contributed by atoms with E-state index in [0.29, 0.717) is 12.2 Å². The van der Waals surface area contributed by atoms with E-state index in [1.807, 2.05) is 12.1 Å². The Morgan fingerprint density at radius 2 is 2.10 bits per heavy atom. The molecule has 0 spiro atoms. The topological polar surface area (TPSA) is 63.9 Å². The van der Waals surface area contributed by atoms with E-state index in [4.69, 9.17) is 0 Å². The Morgan fingerprint density at radius 1 is 1.29 bits per heavy atom. The lowest BCUT2D eigenvalue weighted by Gasteiger charge is -2.35. The van der Waals surface area contributed by atoms with Gasteiger partial charge in [0.25, 0.3) is 5.91 Å². The highest BCUT2D eigenvalue weighted by molar-refractivity contribution is 7.12. The van der Waals surface area contributed by atoms with E-state index < -0.39 is 11.9 Å². The normalized spacial score (nSPS) is 17.4. The van der Waals surface area contributed by atoms with Gasteiger partial charge in [0, 0.05) is 24.3 Å². The largest absolute Gasteiger partial charge is 0.433 e. The lowest BCUT2D eigenvalue weighted by molar-refractivity contribution is -0.142. The lowest BCUT2D eigenvalue weighted by atomic mass is 9.96. The number of rotatable bonds is 4. The Morgan fingerprint density at radius 3 is 2.77 bits per heavy atom. The maximum Gasteiger partial charge on any atom is 0.433 e. The maximum absolute atomic E-state index is 13.5. The first-order chi connectivity index (χ1) is 14.8. The van der Waals surface area contributed by atoms with E-state index in [9.17, 15) is 18.0 Å². The van der Waals surface area contributed by atoms with Gasteiger partial charge in [0.1, 0.15) is 5.69 Å². The van der Waals surface area contributed by atoms with E-state index in [1.165, 1.54) is 5.38 Å². The van der Waals surface area contributed by atoms with Gasteiger partial charge in [0.15, 0.2) is 5.69 Å². The highest BCUT2D eigenvalue weighted by atomic mass is 32.1. The Balaban J connectivity index is 1.65. The first kappa shape index (κ1) is 21.5. The zero-order valence-corrected chi connectivity index (χ0v) is 18.0. The fraction of sp³-hybridized carbons (Fsp3) is 0.429. The molecule has 0 unspecified atom stereocenters. The van der Waals surface area contributed by atoms with Crippen LogP contribution in [0.2, 0.25) is 0 Å². The van der Waals surface area contributed by atoms with E-state index in [1.54, 1.807) is 31.1 Å². The number of nitrogens with zero attached hydrogens (tertiary/aromatic N) is 5. The number of halogens is 3. The van der Waals surface area contributed by atoms with Crippen LogP contribution in [0.1, 0.15) is 72.5 Å². The second-order valence-corrected chi connectivity index (χ2v) is 8.67. The zero-order valence-electron chi connectivity index (χ0n) is 17.1. The van der Waals surface area contributed by atoms with Crippen LogP contribution in [-0.4, -0.2) is 37.1 Å². The van der Waals surface area contributed by atoms with Gasteiger partial charge < -0.3 is 4.90 Å². The molecule has 0 bridgehead atoms. The number of hydrogen-bond acceptors (Lipinski definition) is 5. The quantitative estimate of drug-likeness (QED) is 0.547. The van der Waals surface area contributed by atoms with E-state index in [0.717, 1.165) is 46.9 Å². The van der Waals surface area contributed by atoms with Gasteiger partial charge in [0.2, 0.25) is 5.13 Å². The van der Waals surface area contributed by atoms with Crippen LogP contribution in [0.25, 0.3) is 5.13 Å². The Labute approximate surface area is 181 Å². The molecule has 1 aliphatic heterocycles. The van der Waals surface area contributed by atoms with Gasteiger partial charge in [-0.15, -0.1) is 11.3 Å². The van der Waals surface area contributed by atoms with Crippen molar-refractivity contribution in [1.29, 1.82) is 0 Å². The van der Waals surface area contributed by atoms with Crippen LogP contribution in [0.15, 0.2) is 36.0 Å². The number of carbonyl (C=O) groups is 1. The highest BCUT2D eigenvalue weighted by Crippen LogP contribution is 2.35.